The minimum Gasteiger partial charge on any atom is -0.381 e. The van der Waals surface area contributed by atoms with Gasteiger partial charge in [0, 0.05) is 37.5 Å². The number of carbonyl (C=O) groups is 1. The lowest BCUT2D eigenvalue weighted by atomic mass is 9.83. The normalized spacial score (nSPS) is 26.6. The molecule has 3 heterocycles. The number of amides is 1. The van der Waals surface area contributed by atoms with Crippen LogP contribution in [-0.4, -0.2) is 61.0 Å². The Morgan fingerprint density at radius 3 is 2.68 bits per heavy atom. The number of ether oxygens (including phenoxy) is 1. The number of rotatable bonds is 5. The lowest BCUT2D eigenvalue weighted by Gasteiger charge is -2.49. The molecule has 1 atom stereocenters. The predicted molar refractivity (Wildman–Crippen MR) is 93.0 cm³/mol. The van der Waals surface area contributed by atoms with Gasteiger partial charge < -0.3 is 9.64 Å². The van der Waals surface area contributed by atoms with E-state index in [4.69, 9.17) is 4.74 Å². The van der Waals surface area contributed by atoms with Crippen molar-refractivity contribution in [3.8, 4) is 0 Å². The molecule has 1 aliphatic carbocycles. The van der Waals surface area contributed by atoms with Gasteiger partial charge in [0.1, 0.15) is 4.75 Å². The Morgan fingerprint density at radius 2 is 2.04 bits per heavy atom. The van der Waals surface area contributed by atoms with Gasteiger partial charge in [0.2, 0.25) is 0 Å². The van der Waals surface area contributed by atoms with E-state index in [1.165, 1.54) is 12.8 Å². The fourth-order valence-corrected chi connectivity index (χ4v) is 6.29. The third kappa shape index (κ3) is 2.97. The van der Waals surface area contributed by atoms with Gasteiger partial charge in [-0.25, -0.2) is 8.42 Å². The van der Waals surface area contributed by atoms with Crippen LogP contribution in [0.25, 0.3) is 0 Å². The summed E-state index contributed by atoms with van der Waals surface area (Å²) in [5, 5.41) is 0. The molecule has 1 amide bonds. The molecule has 1 aromatic rings. The summed E-state index contributed by atoms with van der Waals surface area (Å²) in [6, 6.07) is 3.54. The first kappa shape index (κ1) is 17.0. The SMILES string of the molecule is Cc1ccc(C(=O)N2CC3(C2)[C@H](COCC2CC2)CCS3(=O)=O)cn1. The Morgan fingerprint density at radius 1 is 1.28 bits per heavy atom. The Kier molecular flexibility index (Phi) is 4.11. The third-order valence-corrected chi connectivity index (χ3v) is 8.43. The van der Waals surface area contributed by atoms with E-state index in [0.717, 1.165) is 12.3 Å². The summed E-state index contributed by atoms with van der Waals surface area (Å²) >= 11 is 0. The Labute approximate surface area is 148 Å². The van der Waals surface area contributed by atoms with Crippen LogP contribution in [0.4, 0.5) is 0 Å². The van der Waals surface area contributed by atoms with Crippen molar-refractivity contribution in [3.05, 3.63) is 29.6 Å². The zero-order chi connectivity index (χ0) is 17.7. The van der Waals surface area contributed by atoms with Crippen LogP contribution >= 0.6 is 0 Å². The number of sulfone groups is 1. The molecule has 6 nitrogen and oxygen atoms in total. The van der Waals surface area contributed by atoms with Gasteiger partial charge in [-0.3, -0.25) is 9.78 Å². The van der Waals surface area contributed by atoms with Crippen molar-refractivity contribution in [1.29, 1.82) is 0 Å². The average molecular weight is 364 g/mol. The summed E-state index contributed by atoms with van der Waals surface area (Å²) in [5.74, 6) is 0.732. The highest BCUT2D eigenvalue weighted by Gasteiger charge is 2.62. The zero-order valence-corrected chi connectivity index (χ0v) is 15.3. The maximum atomic E-state index is 12.6. The highest BCUT2D eigenvalue weighted by atomic mass is 32.2. The molecule has 0 radical (unpaired) electrons. The van der Waals surface area contributed by atoms with Gasteiger partial charge in [0.15, 0.2) is 9.84 Å². The number of nitrogens with zero attached hydrogens (tertiary/aromatic N) is 2. The first-order valence-corrected chi connectivity index (χ1v) is 10.6. The summed E-state index contributed by atoms with van der Waals surface area (Å²) in [6.45, 7) is 3.65. The summed E-state index contributed by atoms with van der Waals surface area (Å²) in [5.41, 5.74) is 1.36. The van der Waals surface area contributed by atoms with Crippen molar-refractivity contribution in [2.24, 2.45) is 11.8 Å². The summed E-state index contributed by atoms with van der Waals surface area (Å²) < 4.78 is 30.2. The van der Waals surface area contributed by atoms with Crippen molar-refractivity contribution in [3.63, 3.8) is 0 Å². The number of pyridine rings is 1. The number of carbonyl (C=O) groups excluding carboxylic acids is 1. The molecule has 3 fully saturated rings. The topological polar surface area (TPSA) is 76.6 Å². The van der Waals surface area contributed by atoms with Crippen molar-refractivity contribution < 1.29 is 17.9 Å². The minimum absolute atomic E-state index is 0.00329. The minimum atomic E-state index is -3.18. The van der Waals surface area contributed by atoms with Crippen LogP contribution in [0.5, 0.6) is 0 Å². The van der Waals surface area contributed by atoms with Crippen LogP contribution in [0.15, 0.2) is 18.3 Å². The van der Waals surface area contributed by atoms with Crippen LogP contribution in [0.3, 0.4) is 0 Å². The summed E-state index contributed by atoms with van der Waals surface area (Å²) in [6.07, 6.45) is 4.64. The lowest BCUT2D eigenvalue weighted by Crippen LogP contribution is -2.68. The first-order chi connectivity index (χ1) is 11.9. The molecular weight excluding hydrogens is 340 g/mol. The molecule has 7 heteroatoms. The van der Waals surface area contributed by atoms with E-state index in [1.807, 2.05) is 6.92 Å². The number of hydrogen-bond donors (Lipinski definition) is 0. The number of hydrogen-bond acceptors (Lipinski definition) is 5. The van der Waals surface area contributed by atoms with E-state index in [-0.39, 0.29) is 30.7 Å². The second-order valence-electron chi connectivity index (χ2n) is 7.70. The maximum Gasteiger partial charge on any atom is 0.255 e. The second kappa shape index (κ2) is 6.06. The lowest BCUT2D eigenvalue weighted by molar-refractivity contribution is 0.0228. The average Bonchev–Trinajstić information content (AvgIpc) is 3.31. The smallest absolute Gasteiger partial charge is 0.255 e. The van der Waals surface area contributed by atoms with E-state index in [9.17, 15) is 13.2 Å². The third-order valence-electron chi connectivity index (χ3n) is 5.83. The maximum absolute atomic E-state index is 12.6. The van der Waals surface area contributed by atoms with Crippen LogP contribution in [0.1, 0.15) is 35.3 Å². The monoisotopic (exact) mass is 364 g/mol. The molecule has 2 aliphatic heterocycles. The molecule has 1 aromatic heterocycles. The van der Waals surface area contributed by atoms with Crippen LogP contribution in [0, 0.1) is 18.8 Å². The van der Waals surface area contributed by atoms with Crippen molar-refractivity contribution >= 4 is 15.7 Å². The van der Waals surface area contributed by atoms with Crippen LogP contribution < -0.4 is 0 Å². The quantitative estimate of drug-likeness (QED) is 0.790. The first-order valence-electron chi connectivity index (χ1n) is 8.93. The van der Waals surface area contributed by atoms with E-state index in [0.29, 0.717) is 24.5 Å². The van der Waals surface area contributed by atoms with Gasteiger partial charge in [0.05, 0.1) is 17.9 Å². The number of aryl methyl sites for hydroxylation is 1. The van der Waals surface area contributed by atoms with Gasteiger partial charge in [-0.2, -0.15) is 0 Å². The fourth-order valence-electron chi connectivity index (χ4n) is 3.89. The highest BCUT2D eigenvalue weighted by Crippen LogP contribution is 2.45. The van der Waals surface area contributed by atoms with Gasteiger partial charge in [-0.15, -0.1) is 0 Å². The largest absolute Gasteiger partial charge is 0.381 e. The molecule has 1 saturated carbocycles. The molecule has 0 unspecified atom stereocenters. The van der Waals surface area contributed by atoms with E-state index < -0.39 is 14.6 Å². The van der Waals surface area contributed by atoms with E-state index >= 15 is 0 Å². The molecule has 136 valence electrons. The van der Waals surface area contributed by atoms with Crippen LogP contribution in [-0.2, 0) is 14.6 Å². The Bertz CT molecular complexity index is 765. The molecule has 1 spiro atoms. The van der Waals surface area contributed by atoms with Crippen molar-refractivity contribution in [1.82, 2.24) is 9.88 Å². The molecular formula is C18H24N2O4S. The molecule has 0 aromatic carbocycles. The van der Waals surface area contributed by atoms with Gasteiger partial charge in [-0.05, 0) is 44.2 Å². The fraction of sp³-hybridized carbons (Fsp3) is 0.667. The van der Waals surface area contributed by atoms with Gasteiger partial charge >= 0.3 is 0 Å². The number of likely N-dealkylation sites (tertiary alicyclic amines) is 1. The molecule has 4 rings (SSSR count). The van der Waals surface area contributed by atoms with E-state index in [1.54, 1.807) is 23.2 Å². The van der Waals surface area contributed by atoms with Gasteiger partial charge in [0.25, 0.3) is 5.91 Å². The summed E-state index contributed by atoms with van der Waals surface area (Å²) in [7, 11) is -3.18. The predicted octanol–water partition coefficient (Wildman–Crippen LogP) is 1.45. The Hall–Kier alpha value is -1.47. The van der Waals surface area contributed by atoms with Gasteiger partial charge in [-0.1, -0.05) is 0 Å². The second-order valence-corrected chi connectivity index (χ2v) is 10.2. The number of aromatic nitrogens is 1. The van der Waals surface area contributed by atoms with E-state index in [2.05, 4.69) is 4.98 Å². The van der Waals surface area contributed by atoms with Crippen LogP contribution in [0.2, 0.25) is 0 Å². The molecule has 0 N–H and O–H groups in total. The highest BCUT2D eigenvalue weighted by molar-refractivity contribution is 7.93. The molecule has 0 bridgehead atoms. The van der Waals surface area contributed by atoms with Crippen molar-refractivity contribution in [2.75, 3.05) is 32.1 Å². The molecule has 2 saturated heterocycles. The Balaban J connectivity index is 1.43. The summed E-state index contributed by atoms with van der Waals surface area (Å²) in [4.78, 5) is 18.3. The molecule has 3 aliphatic rings. The standard InChI is InChI=1S/C18H24N2O4S/c1-13-2-5-15(8-19-13)17(21)20-11-18(12-20)16(6-7-25(18,22)23)10-24-9-14-3-4-14/h2,5,8,14,16H,3-4,6-7,9-12H2,1H3/t16-/m0/s1. The molecule has 25 heavy (non-hydrogen) atoms. The van der Waals surface area contributed by atoms with Crippen molar-refractivity contribution in [2.45, 2.75) is 30.9 Å². The zero-order valence-electron chi connectivity index (χ0n) is 14.5.